The highest BCUT2D eigenvalue weighted by atomic mass is 35.5. The fourth-order valence-electron chi connectivity index (χ4n) is 1.21. The van der Waals surface area contributed by atoms with Crippen molar-refractivity contribution in [3.05, 3.63) is 29.0 Å². The summed E-state index contributed by atoms with van der Waals surface area (Å²) < 4.78 is 0. The topological polar surface area (TPSA) is 33.1 Å². The number of hydrogen-bond acceptors (Lipinski definition) is 2. The molecule has 0 spiro atoms. The highest BCUT2D eigenvalue weighted by Crippen LogP contribution is 2.21. The lowest BCUT2D eigenvalue weighted by Gasteiger charge is -2.12. The van der Waals surface area contributed by atoms with Gasteiger partial charge in [0, 0.05) is 6.20 Å². The molecular formula is C10H14ClNO. The Kier molecular flexibility index (Phi) is 3.70. The molecule has 13 heavy (non-hydrogen) atoms. The van der Waals surface area contributed by atoms with Crippen LogP contribution in [-0.4, -0.2) is 10.1 Å². The van der Waals surface area contributed by atoms with Crippen LogP contribution in [0.1, 0.15) is 31.9 Å². The Balaban J connectivity index is 2.71. The van der Waals surface area contributed by atoms with E-state index in [2.05, 4.69) is 18.8 Å². The van der Waals surface area contributed by atoms with Crippen LogP contribution in [0.5, 0.6) is 0 Å². The van der Waals surface area contributed by atoms with Crippen molar-refractivity contribution in [1.82, 2.24) is 4.98 Å². The van der Waals surface area contributed by atoms with Crippen LogP contribution in [0.2, 0.25) is 5.15 Å². The van der Waals surface area contributed by atoms with E-state index in [4.69, 9.17) is 11.6 Å². The van der Waals surface area contributed by atoms with Gasteiger partial charge in [-0.2, -0.15) is 0 Å². The van der Waals surface area contributed by atoms with E-state index in [0.29, 0.717) is 11.1 Å². The molecule has 0 aliphatic carbocycles. The Morgan fingerprint density at radius 1 is 1.54 bits per heavy atom. The number of rotatable bonds is 3. The Morgan fingerprint density at radius 3 is 2.77 bits per heavy atom. The number of halogens is 1. The van der Waals surface area contributed by atoms with Crippen LogP contribution in [0.15, 0.2) is 18.3 Å². The molecule has 0 radical (unpaired) electrons. The zero-order valence-electron chi connectivity index (χ0n) is 7.87. The van der Waals surface area contributed by atoms with Crippen molar-refractivity contribution in [2.45, 2.75) is 26.4 Å². The van der Waals surface area contributed by atoms with Gasteiger partial charge in [-0.05, 0) is 30.0 Å². The summed E-state index contributed by atoms with van der Waals surface area (Å²) >= 11 is 5.70. The van der Waals surface area contributed by atoms with Gasteiger partial charge in [-0.15, -0.1) is 0 Å². The number of aliphatic hydroxyl groups excluding tert-OH is 1. The molecule has 1 N–H and O–H groups in total. The van der Waals surface area contributed by atoms with Gasteiger partial charge in [-0.3, -0.25) is 0 Å². The summed E-state index contributed by atoms with van der Waals surface area (Å²) in [7, 11) is 0. The van der Waals surface area contributed by atoms with Crippen LogP contribution in [0.25, 0.3) is 0 Å². The Morgan fingerprint density at radius 2 is 2.23 bits per heavy atom. The Hall–Kier alpha value is -0.600. The summed E-state index contributed by atoms with van der Waals surface area (Å²) in [5.74, 6) is 0.474. The normalized spacial score (nSPS) is 13.3. The number of pyridine rings is 1. The summed E-state index contributed by atoms with van der Waals surface area (Å²) in [5.41, 5.74) is 0.841. The second-order valence-electron chi connectivity index (χ2n) is 3.56. The maximum atomic E-state index is 9.73. The summed E-state index contributed by atoms with van der Waals surface area (Å²) in [5, 5.41) is 10.2. The lowest BCUT2D eigenvalue weighted by molar-refractivity contribution is 0.151. The predicted octanol–water partition coefficient (Wildman–Crippen LogP) is 2.81. The number of nitrogens with zero attached hydrogens (tertiary/aromatic N) is 1. The van der Waals surface area contributed by atoms with Crippen LogP contribution in [0.4, 0.5) is 0 Å². The van der Waals surface area contributed by atoms with E-state index in [1.54, 1.807) is 18.3 Å². The molecule has 2 nitrogen and oxygen atoms in total. The molecule has 0 aliphatic rings. The van der Waals surface area contributed by atoms with Gasteiger partial charge in [0.2, 0.25) is 0 Å². The third-order valence-electron chi connectivity index (χ3n) is 1.83. The lowest BCUT2D eigenvalue weighted by Crippen LogP contribution is -2.01. The van der Waals surface area contributed by atoms with Gasteiger partial charge in [-0.1, -0.05) is 25.4 Å². The van der Waals surface area contributed by atoms with Crippen molar-refractivity contribution in [2.24, 2.45) is 5.92 Å². The van der Waals surface area contributed by atoms with E-state index < -0.39 is 6.10 Å². The molecule has 72 valence electrons. The molecule has 0 saturated heterocycles. The smallest absolute Gasteiger partial charge is 0.129 e. The van der Waals surface area contributed by atoms with Crippen molar-refractivity contribution in [3.8, 4) is 0 Å². The SMILES string of the molecule is CC(C)CC(O)c1ccnc(Cl)c1. The molecule has 1 heterocycles. The van der Waals surface area contributed by atoms with Gasteiger partial charge in [0.15, 0.2) is 0 Å². The van der Waals surface area contributed by atoms with Crippen LogP contribution in [0, 0.1) is 5.92 Å². The minimum Gasteiger partial charge on any atom is -0.388 e. The second-order valence-corrected chi connectivity index (χ2v) is 3.94. The first kappa shape index (κ1) is 10.5. The maximum absolute atomic E-state index is 9.73. The quantitative estimate of drug-likeness (QED) is 0.760. The molecule has 1 unspecified atom stereocenters. The molecule has 1 rings (SSSR count). The summed E-state index contributed by atoms with van der Waals surface area (Å²) in [6, 6.07) is 3.49. The molecule has 1 atom stereocenters. The maximum Gasteiger partial charge on any atom is 0.129 e. The molecule has 1 aromatic heterocycles. The summed E-state index contributed by atoms with van der Waals surface area (Å²) in [4.78, 5) is 3.86. The largest absolute Gasteiger partial charge is 0.388 e. The Labute approximate surface area is 83.6 Å². The van der Waals surface area contributed by atoms with Crippen LogP contribution in [-0.2, 0) is 0 Å². The number of aromatic nitrogens is 1. The van der Waals surface area contributed by atoms with Crippen molar-refractivity contribution in [1.29, 1.82) is 0 Å². The summed E-state index contributed by atoms with van der Waals surface area (Å²) in [6.07, 6.45) is 1.93. The fourth-order valence-corrected chi connectivity index (χ4v) is 1.39. The standard InChI is InChI=1S/C10H14ClNO/c1-7(2)5-9(13)8-3-4-12-10(11)6-8/h3-4,6-7,9,13H,5H2,1-2H3. The minimum atomic E-state index is -0.430. The van der Waals surface area contributed by atoms with Crippen molar-refractivity contribution in [3.63, 3.8) is 0 Å². The van der Waals surface area contributed by atoms with Crippen molar-refractivity contribution >= 4 is 11.6 Å². The molecular weight excluding hydrogens is 186 g/mol. The van der Waals surface area contributed by atoms with Crippen molar-refractivity contribution < 1.29 is 5.11 Å². The first-order valence-electron chi connectivity index (χ1n) is 4.39. The first-order valence-corrected chi connectivity index (χ1v) is 4.77. The minimum absolute atomic E-state index is 0.430. The molecule has 0 amide bonds. The number of aliphatic hydroxyl groups is 1. The van der Waals surface area contributed by atoms with E-state index >= 15 is 0 Å². The predicted molar refractivity (Wildman–Crippen MR) is 53.7 cm³/mol. The fraction of sp³-hybridized carbons (Fsp3) is 0.500. The molecule has 3 heteroatoms. The highest BCUT2D eigenvalue weighted by molar-refractivity contribution is 6.29. The van der Waals surface area contributed by atoms with Gasteiger partial charge >= 0.3 is 0 Å². The number of hydrogen-bond donors (Lipinski definition) is 1. The van der Waals surface area contributed by atoms with Gasteiger partial charge in [0.1, 0.15) is 5.15 Å². The first-order chi connectivity index (χ1) is 6.09. The zero-order chi connectivity index (χ0) is 9.84. The average Bonchev–Trinajstić information content (AvgIpc) is 2.03. The monoisotopic (exact) mass is 199 g/mol. The van der Waals surface area contributed by atoms with Crippen molar-refractivity contribution in [2.75, 3.05) is 0 Å². The van der Waals surface area contributed by atoms with Gasteiger partial charge in [-0.25, -0.2) is 4.98 Å². The molecule has 1 aromatic rings. The lowest BCUT2D eigenvalue weighted by atomic mass is 10.0. The van der Waals surface area contributed by atoms with E-state index in [-0.39, 0.29) is 0 Å². The van der Waals surface area contributed by atoms with E-state index in [0.717, 1.165) is 12.0 Å². The second kappa shape index (κ2) is 4.58. The van der Waals surface area contributed by atoms with E-state index in [1.165, 1.54) is 0 Å². The molecule has 0 bridgehead atoms. The van der Waals surface area contributed by atoms with Crippen LogP contribution in [0.3, 0.4) is 0 Å². The van der Waals surface area contributed by atoms with Gasteiger partial charge in [0.25, 0.3) is 0 Å². The summed E-state index contributed by atoms with van der Waals surface area (Å²) in [6.45, 7) is 4.15. The van der Waals surface area contributed by atoms with E-state index in [1.807, 2.05) is 0 Å². The van der Waals surface area contributed by atoms with Gasteiger partial charge < -0.3 is 5.11 Å². The molecule has 0 aromatic carbocycles. The van der Waals surface area contributed by atoms with Crippen LogP contribution >= 0.6 is 11.6 Å². The third kappa shape index (κ3) is 3.33. The highest BCUT2D eigenvalue weighted by Gasteiger charge is 2.09. The van der Waals surface area contributed by atoms with Gasteiger partial charge in [0.05, 0.1) is 6.10 Å². The average molecular weight is 200 g/mol. The zero-order valence-corrected chi connectivity index (χ0v) is 8.62. The van der Waals surface area contributed by atoms with E-state index in [9.17, 15) is 5.11 Å². The Bertz CT molecular complexity index is 275. The third-order valence-corrected chi connectivity index (χ3v) is 2.04. The molecule has 0 aliphatic heterocycles. The van der Waals surface area contributed by atoms with Crippen LogP contribution < -0.4 is 0 Å². The molecule has 0 saturated carbocycles. The molecule has 0 fully saturated rings.